The zero-order valence-corrected chi connectivity index (χ0v) is 12.8. The second kappa shape index (κ2) is 7.89. The molecule has 0 fully saturated rings. The number of nitrogens with zero attached hydrogens (tertiary/aromatic N) is 1. The lowest BCUT2D eigenvalue weighted by atomic mass is 10.2. The van der Waals surface area contributed by atoms with E-state index in [1.165, 1.54) is 0 Å². The monoisotopic (exact) mass is 318 g/mol. The molecule has 1 aromatic heterocycles. The molecule has 0 saturated heterocycles. The lowest BCUT2D eigenvalue weighted by molar-refractivity contribution is 0.0954. The Morgan fingerprint density at radius 1 is 1.33 bits per heavy atom. The number of hydrogen-bond donors (Lipinski definition) is 3. The van der Waals surface area contributed by atoms with Crippen LogP contribution in [-0.4, -0.2) is 45.2 Å². The van der Waals surface area contributed by atoms with E-state index in [4.69, 9.17) is 0 Å². The molecule has 0 aliphatic carbocycles. The smallest absolute Gasteiger partial charge is 0.255 e. The van der Waals surface area contributed by atoms with Crippen LogP contribution >= 0.6 is 0 Å². The molecule has 21 heavy (non-hydrogen) atoms. The van der Waals surface area contributed by atoms with Crippen molar-refractivity contribution < 1.29 is 17.6 Å². The minimum atomic E-state index is -3.30. The predicted molar refractivity (Wildman–Crippen MR) is 78.2 cm³/mol. The molecule has 9 heteroatoms. The normalized spacial score (nSPS) is 11.2. The first kappa shape index (κ1) is 17.3. The van der Waals surface area contributed by atoms with Gasteiger partial charge in [-0.15, -0.1) is 0 Å². The maximum absolute atomic E-state index is 13.2. The summed E-state index contributed by atoms with van der Waals surface area (Å²) >= 11 is 0. The Hall–Kier alpha value is -1.74. The summed E-state index contributed by atoms with van der Waals surface area (Å²) in [5, 5.41) is 5.44. The fraction of sp³-hybridized carbons (Fsp3) is 0.500. The number of rotatable bonds is 8. The first-order chi connectivity index (χ1) is 9.83. The Kier molecular flexibility index (Phi) is 6.50. The zero-order valence-electron chi connectivity index (χ0n) is 11.9. The number of carbonyl (C=O) groups excluding carboxylic acids is 1. The van der Waals surface area contributed by atoms with Crippen molar-refractivity contribution in [3.63, 3.8) is 0 Å². The van der Waals surface area contributed by atoms with Crippen LogP contribution < -0.4 is 15.4 Å². The molecule has 0 radical (unpaired) electrons. The van der Waals surface area contributed by atoms with Crippen molar-refractivity contribution in [2.45, 2.75) is 13.3 Å². The van der Waals surface area contributed by atoms with Crippen LogP contribution in [-0.2, 0) is 10.0 Å². The summed E-state index contributed by atoms with van der Waals surface area (Å²) in [6.07, 6.45) is 2.89. The number of hydrogen-bond acceptors (Lipinski definition) is 5. The first-order valence-electron chi connectivity index (χ1n) is 6.45. The maximum atomic E-state index is 13.2. The van der Waals surface area contributed by atoms with Gasteiger partial charge in [0.05, 0.1) is 18.0 Å². The highest BCUT2D eigenvalue weighted by Gasteiger charge is 2.13. The molecule has 0 bridgehead atoms. The lowest BCUT2D eigenvalue weighted by Crippen LogP contribution is -2.34. The molecule has 3 N–H and O–H groups in total. The van der Waals surface area contributed by atoms with Crippen molar-refractivity contribution in [1.29, 1.82) is 0 Å². The molecule has 1 heterocycles. The zero-order chi connectivity index (χ0) is 15.9. The average molecular weight is 318 g/mol. The van der Waals surface area contributed by atoms with Crippen LogP contribution in [0.3, 0.4) is 0 Å². The van der Waals surface area contributed by atoms with Gasteiger partial charge < -0.3 is 10.6 Å². The Morgan fingerprint density at radius 2 is 2.05 bits per heavy atom. The van der Waals surface area contributed by atoms with Gasteiger partial charge in [-0.2, -0.15) is 0 Å². The quantitative estimate of drug-likeness (QED) is 0.600. The number of halogens is 1. The van der Waals surface area contributed by atoms with Gasteiger partial charge in [-0.25, -0.2) is 22.5 Å². The summed E-state index contributed by atoms with van der Waals surface area (Å²) in [6, 6.07) is 1.09. The van der Waals surface area contributed by atoms with Crippen molar-refractivity contribution in [3.8, 4) is 0 Å². The molecular weight excluding hydrogens is 299 g/mol. The van der Waals surface area contributed by atoms with E-state index in [1.807, 2.05) is 6.92 Å². The third-order valence-electron chi connectivity index (χ3n) is 2.42. The summed E-state index contributed by atoms with van der Waals surface area (Å²) < 4.78 is 37.2. The molecule has 0 aliphatic rings. The van der Waals surface area contributed by atoms with E-state index in [-0.39, 0.29) is 18.7 Å². The van der Waals surface area contributed by atoms with Crippen LogP contribution in [0.4, 0.5) is 10.2 Å². The second-order valence-electron chi connectivity index (χ2n) is 4.40. The van der Waals surface area contributed by atoms with Gasteiger partial charge in [-0.3, -0.25) is 4.79 Å². The Morgan fingerprint density at radius 3 is 2.67 bits per heavy atom. The second-order valence-corrected chi connectivity index (χ2v) is 6.23. The summed E-state index contributed by atoms with van der Waals surface area (Å²) in [7, 11) is -3.30. The molecule has 1 amide bonds. The van der Waals surface area contributed by atoms with Crippen LogP contribution in [0.15, 0.2) is 12.3 Å². The van der Waals surface area contributed by atoms with Crippen LogP contribution in [0.1, 0.15) is 23.7 Å². The van der Waals surface area contributed by atoms with E-state index < -0.39 is 21.7 Å². The standard InChI is InChI=1S/C12H19FN4O3S/c1-3-4-14-11-10(7-9(13)8-16-11)12(18)15-5-6-17-21(2,19)20/h7-8,17H,3-6H2,1-2H3,(H,14,16)(H,15,18). The number of pyridine rings is 1. The SMILES string of the molecule is CCCNc1ncc(F)cc1C(=O)NCCNS(C)(=O)=O. The Bertz CT molecular complexity index is 592. The molecule has 1 rings (SSSR count). The summed E-state index contributed by atoms with van der Waals surface area (Å²) in [5.41, 5.74) is 0.0859. The van der Waals surface area contributed by atoms with E-state index in [9.17, 15) is 17.6 Å². The fourth-order valence-electron chi connectivity index (χ4n) is 1.50. The Balaban J connectivity index is 2.65. The minimum Gasteiger partial charge on any atom is -0.369 e. The fourth-order valence-corrected chi connectivity index (χ4v) is 1.98. The van der Waals surface area contributed by atoms with Gasteiger partial charge >= 0.3 is 0 Å². The molecule has 7 nitrogen and oxygen atoms in total. The van der Waals surface area contributed by atoms with Gasteiger partial charge in [0.2, 0.25) is 10.0 Å². The van der Waals surface area contributed by atoms with Crippen molar-refractivity contribution in [3.05, 3.63) is 23.6 Å². The van der Waals surface area contributed by atoms with E-state index in [0.717, 1.165) is 24.9 Å². The van der Waals surface area contributed by atoms with Gasteiger partial charge in [0.25, 0.3) is 5.91 Å². The lowest BCUT2D eigenvalue weighted by Gasteiger charge is -2.11. The van der Waals surface area contributed by atoms with Gasteiger partial charge in [0, 0.05) is 19.6 Å². The molecule has 118 valence electrons. The highest BCUT2D eigenvalue weighted by molar-refractivity contribution is 7.88. The molecule has 1 aromatic rings. The highest BCUT2D eigenvalue weighted by atomic mass is 32.2. The molecule has 0 spiro atoms. The van der Waals surface area contributed by atoms with Gasteiger partial charge in [0.15, 0.2) is 0 Å². The van der Waals surface area contributed by atoms with E-state index >= 15 is 0 Å². The highest BCUT2D eigenvalue weighted by Crippen LogP contribution is 2.13. The molecule has 0 aromatic carbocycles. The number of carbonyl (C=O) groups is 1. The minimum absolute atomic E-state index is 0.0606. The van der Waals surface area contributed by atoms with Gasteiger partial charge in [-0.05, 0) is 12.5 Å². The van der Waals surface area contributed by atoms with Crippen LogP contribution in [0, 0.1) is 5.82 Å². The predicted octanol–water partition coefficient (Wildman–Crippen LogP) is 0.322. The van der Waals surface area contributed by atoms with Crippen molar-refractivity contribution in [2.75, 3.05) is 31.2 Å². The number of anilines is 1. The number of amides is 1. The number of nitrogens with one attached hydrogen (secondary N) is 3. The van der Waals surface area contributed by atoms with Crippen LogP contribution in [0.25, 0.3) is 0 Å². The van der Waals surface area contributed by atoms with Crippen molar-refractivity contribution >= 4 is 21.7 Å². The molecular formula is C12H19FN4O3S. The molecule has 0 saturated carbocycles. The molecule has 0 aliphatic heterocycles. The summed E-state index contributed by atoms with van der Waals surface area (Å²) in [5.74, 6) is -0.834. The van der Waals surface area contributed by atoms with E-state index in [0.29, 0.717) is 12.4 Å². The third-order valence-corrected chi connectivity index (χ3v) is 3.14. The van der Waals surface area contributed by atoms with E-state index in [1.54, 1.807) is 0 Å². The Labute approximate surface area is 123 Å². The third kappa shape index (κ3) is 6.50. The first-order valence-corrected chi connectivity index (χ1v) is 8.35. The van der Waals surface area contributed by atoms with Gasteiger partial charge in [-0.1, -0.05) is 6.92 Å². The van der Waals surface area contributed by atoms with Crippen molar-refractivity contribution in [1.82, 2.24) is 15.0 Å². The average Bonchev–Trinajstić information content (AvgIpc) is 2.41. The van der Waals surface area contributed by atoms with E-state index in [2.05, 4.69) is 20.3 Å². The number of sulfonamides is 1. The largest absolute Gasteiger partial charge is 0.369 e. The maximum Gasteiger partial charge on any atom is 0.255 e. The molecule has 0 unspecified atom stereocenters. The van der Waals surface area contributed by atoms with Crippen molar-refractivity contribution in [2.24, 2.45) is 0 Å². The molecule has 0 atom stereocenters. The van der Waals surface area contributed by atoms with Crippen LogP contribution in [0.5, 0.6) is 0 Å². The number of aromatic nitrogens is 1. The summed E-state index contributed by atoms with van der Waals surface area (Å²) in [4.78, 5) is 15.8. The summed E-state index contributed by atoms with van der Waals surface area (Å²) in [6.45, 7) is 2.71. The van der Waals surface area contributed by atoms with Gasteiger partial charge in [0.1, 0.15) is 11.6 Å². The van der Waals surface area contributed by atoms with Crippen LogP contribution in [0.2, 0.25) is 0 Å². The topological polar surface area (TPSA) is 100 Å².